The SMILES string of the molecule is O=P([O-])([O-])[O-].[Mn+2].[Ni+2]. The summed E-state index contributed by atoms with van der Waals surface area (Å²) in [7, 11) is -5.39. The van der Waals surface area contributed by atoms with Crippen molar-refractivity contribution in [3.05, 3.63) is 0 Å². The first-order chi connectivity index (χ1) is 2.00. The Balaban J connectivity index is -0.0000000800. The smallest absolute Gasteiger partial charge is 0.822 e. The van der Waals surface area contributed by atoms with Crippen molar-refractivity contribution in [1.29, 1.82) is 0 Å². The normalized spacial score (nSPS) is 8.43. The van der Waals surface area contributed by atoms with Crippen molar-refractivity contribution in [1.82, 2.24) is 0 Å². The van der Waals surface area contributed by atoms with E-state index in [0.717, 1.165) is 0 Å². The third-order valence-electron chi connectivity index (χ3n) is 0. The quantitative estimate of drug-likeness (QED) is 0.317. The van der Waals surface area contributed by atoms with Gasteiger partial charge in [-0.1, -0.05) is 0 Å². The summed E-state index contributed by atoms with van der Waals surface area (Å²) in [6.45, 7) is 0. The van der Waals surface area contributed by atoms with Crippen LogP contribution in [0.2, 0.25) is 0 Å². The molecule has 0 N–H and O–H groups in total. The molecular formula is MnNiO4P+. The molecule has 0 aromatic rings. The molecule has 0 aliphatic heterocycles. The van der Waals surface area contributed by atoms with Gasteiger partial charge in [-0.05, 0) is 0 Å². The van der Waals surface area contributed by atoms with E-state index in [-0.39, 0.29) is 33.6 Å². The molecule has 0 saturated heterocycles. The van der Waals surface area contributed by atoms with Crippen molar-refractivity contribution in [2.24, 2.45) is 0 Å². The topological polar surface area (TPSA) is 86.2 Å². The molecule has 7 heavy (non-hydrogen) atoms. The molecule has 7 heteroatoms. The van der Waals surface area contributed by atoms with Crippen molar-refractivity contribution in [2.45, 2.75) is 0 Å². The van der Waals surface area contributed by atoms with Crippen LogP contribution in [-0.4, -0.2) is 0 Å². The fourth-order valence-corrected chi connectivity index (χ4v) is 0. The third-order valence-corrected chi connectivity index (χ3v) is 0. The van der Waals surface area contributed by atoms with Crippen molar-refractivity contribution in [2.75, 3.05) is 0 Å². The predicted molar refractivity (Wildman–Crippen MR) is 7.61 cm³/mol. The van der Waals surface area contributed by atoms with E-state index < -0.39 is 7.82 Å². The Kier molecular flexibility index (Phi) is 11.8. The second-order valence-electron chi connectivity index (χ2n) is 0.447. The number of phosphoric acid groups is 1. The number of rotatable bonds is 0. The molecule has 0 aromatic carbocycles. The van der Waals surface area contributed by atoms with Gasteiger partial charge in [-0.15, -0.1) is 0 Å². The number of hydrogen-bond acceptors (Lipinski definition) is 4. The minimum Gasteiger partial charge on any atom is -0.822 e. The molecule has 0 aliphatic carbocycles. The summed E-state index contributed by atoms with van der Waals surface area (Å²) >= 11 is 0. The average molecular weight is 209 g/mol. The van der Waals surface area contributed by atoms with Crippen molar-refractivity contribution in [3.8, 4) is 0 Å². The molecule has 0 fully saturated rings. The summed E-state index contributed by atoms with van der Waals surface area (Å²) in [4.78, 5) is 25.6. The van der Waals surface area contributed by atoms with Crippen LogP contribution in [0.25, 0.3) is 0 Å². The van der Waals surface area contributed by atoms with E-state index in [1.165, 1.54) is 0 Å². The Bertz CT molecular complexity index is 57.8. The second-order valence-corrected chi connectivity index (χ2v) is 1.34. The van der Waals surface area contributed by atoms with Crippen LogP contribution in [0.1, 0.15) is 0 Å². The average Bonchev–Trinajstić information content (AvgIpc) is 0.722. The molecule has 1 radical (unpaired) electrons. The van der Waals surface area contributed by atoms with Crippen LogP contribution in [0.15, 0.2) is 0 Å². The Morgan fingerprint density at radius 1 is 1.14 bits per heavy atom. The van der Waals surface area contributed by atoms with E-state index in [0.29, 0.717) is 0 Å². The summed E-state index contributed by atoms with van der Waals surface area (Å²) in [5.41, 5.74) is 0. The third kappa shape index (κ3) is 148. The van der Waals surface area contributed by atoms with Gasteiger partial charge in [0.2, 0.25) is 0 Å². The standard InChI is InChI=1S/Mn.Ni.H3O4P/c;;1-5(2,3)4/h;;(H3,1,2,3,4)/q2*+2;/p-3. The van der Waals surface area contributed by atoms with Gasteiger partial charge >= 0.3 is 33.6 Å². The van der Waals surface area contributed by atoms with Crippen molar-refractivity contribution < 1.29 is 52.8 Å². The summed E-state index contributed by atoms with van der Waals surface area (Å²) in [6.07, 6.45) is 0. The molecule has 0 amide bonds. The van der Waals surface area contributed by atoms with E-state index in [1.54, 1.807) is 0 Å². The number of hydrogen-bond donors (Lipinski definition) is 0. The Morgan fingerprint density at radius 3 is 1.14 bits per heavy atom. The first-order valence-corrected chi connectivity index (χ1v) is 2.19. The van der Waals surface area contributed by atoms with E-state index in [2.05, 4.69) is 0 Å². The summed E-state index contributed by atoms with van der Waals surface area (Å²) in [6, 6.07) is 0. The zero-order valence-electron chi connectivity index (χ0n) is 2.77. The molecule has 0 rings (SSSR count). The van der Waals surface area contributed by atoms with Gasteiger partial charge in [-0.2, -0.15) is 7.82 Å². The first-order valence-electron chi connectivity index (χ1n) is 0.730. The van der Waals surface area contributed by atoms with Crippen LogP contribution >= 0.6 is 7.82 Å². The molecule has 0 atom stereocenters. The van der Waals surface area contributed by atoms with E-state index in [1.807, 2.05) is 0 Å². The maximum Gasteiger partial charge on any atom is 2.00 e. The summed E-state index contributed by atoms with van der Waals surface area (Å²) < 4.78 is 8.55. The molecule has 0 saturated carbocycles. The first kappa shape index (κ1) is 15.7. The predicted octanol–water partition coefficient (Wildman–Crippen LogP) is -2.83. The Morgan fingerprint density at radius 2 is 1.14 bits per heavy atom. The monoisotopic (exact) mass is 208 g/mol. The maximum absolute atomic E-state index is 8.55. The fraction of sp³-hybridized carbons (Fsp3) is 0. The molecule has 0 heterocycles. The minimum atomic E-state index is -5.39. The van der Waals surface area contributed by atoms with Crippen LogP contribution in [0.3, 0.4) is 0 Å². The van der Waals surface area contributed by atoms with Crippen molar-refractivity contribution in [3.63, 3.8) is 0 Å². The van der Waals surface area contributed by atoms with Gasteiger partial charge in [0.15, 0.2) is 0 Å². The minimum absolute atomic E-state index is 0. The molecule has 0 spiro atoms. The van der Waals surface area contributed by atoms with Gasteiger partial charge in [0.1, 0.15) is 0 Å². The van der Waals surface area contributed by atoms with E-state index in [9.17, 15) is 0 Å². The summed E-state index contributed by atoms with van der Waals surface area (Å²) in [5, 5.41) is 0. The molecule has 45 valence electrons. The van der Waals surface area contributed by atoms with Gasteiger partial charge in [0, 0.05) is 0 Å². The van der Waals surface area contributed by atoms with Crippen LogP contribution in [0, 0.1) is 0 Å². The Labute approximate surface area is 60.9 Å². The zero-order valence-corrected chi connectivity index (χ0v) is 5.84. The van der Waals surface area contributed by atoms with Gasteiger partial charge in [-0.3, -0.25) is 0 Å². The van der Waals surface area contributed by atoms with Crippen LogP contribution < -0.4 is 14.7 Å². The van der Waals surface area contributed by atoms with E-state index in [4.69, 9.17) is 19.2 Å². The van der Waals surface area contributed by atoms with Crippen molar-refractivity contribution >= 4 is 7.82 Å². The van der Waals surface area contributed by atoms with Crippen LogP contribution in [-0.2, 0) is 38.1 Å². The van der Waals surface area contributed by atoms with Crippen LogP contribution in [0.5, 0.6) is 0 Å². The largest absolute Gasteiger partial charge is 2.00 e. The molecule has 0 bridgehead atoms. The van der Waals surface area contributed by atoms with Gasteiger partial charge in [0.05, 0.1) is 0 Å². The molecule has 4 nitrogen and oxygen atoms in total. The van der Waals surface area contributed by atoms with Gasteiger partial charge < -0.3 is 19.2 Å². The summed E-state index contributed by atoms with van der Waals surface area (Å²) in [5.74, 6) is 0. The second kappa shape index (κ2) is 5.26. The fourth-order valence-electron chi connectivity index (χ4n) is 0. The van der Waals surface area contributed by atoms with E-state index >= 15 is 0 Å². The molecular weight excluding hydrogens is 209 g/mol. The van der Waals surface area contributed by atoms with Crippen LogP contribution in [0.4, 0.5) is 0 Å². The molecule has 0 unspecified atom stereocenters. The van der Waals surface area contributed by atoms with Gasteiger partial charge in [0.25, 0.3) is 0 Å². The van der Waals surface area contributed by atoms with Gasteiger partial charge in [-0.25, -0.2) is 0 Å². The molecule has 0 aromatic heterocycles. The molecule has 0 aliphatic rings. The Hall–Kier alpha value is 1.12. The zero-order chi connectivity index (χ0) is 4.50. The maximum atomic E-state index is 8.55.